The SMILES string of the molecule is CCC1CCC(O)(CNC(CC)c2ccc(C)cc2)CC1. The van der Waals surface area contributed by atoms with Crippen LogP contribution in [0.2, 0.25) is 0 Å². The van der Waals surface area contributed by atoms with E-state index in [9.17, 15) is 5.11 Å². The summed E-state index contributed by atoms with van der Waals surface area (Å²) < 4.78 is 0. The van der Waals surface area contributed by atoms with Crippen molar-refractivity contribution in [2.45, 2.75) is 70.9 Å². The molecule has 1 unspecified atom stereocenters. The minimum Gasteiger partial charge on any atom is -0.389 e. The van der Waals surface area contributed by atoms with Crippen molar-refractivity contribution in [2.75, 3.05) is 6.54 Å². The molecule has 2 N–H and O–H groups in total. The average Bonchev–Trinajstić information content (AvgIpc) is 2.50. The van der Waals surface area contributed by atoms with Crippen molar-refractivity contribution in [3.8, 4) is 0 Å². The summed E-state index contributed by atoms with van der Waals surface area (Å²) in [5.41, 5.74) is 2.13. The van der Waals surface area contributed by atoms with Crippen LogP contribution in [0.15, 0.2) is 24.3 Å². The van der Waals surface area contributed by atoms with E-state index in [4.69, 9.17) is 0 Å². The molecule has 2 nitrogen and oxygen atoms in total. The molecule has 1 atom stereocenters. The summed E-state index contributed by atoms with van der Waals surface area (Å²) in [5.74, 6) is 0.823. The molecule has 0 bridgehead atoms. The van der Waals surface area contributed by atoms with Crippen LogP contribution >= 0.6 is 0 Å². The Bertz CT molecular complexity index is 418. The third kappa shape index (κ3) is 4.55. The summed E-state index contributed by atoms with van der Waals surface area (Å²) in [5, 5.41) is 14.4. The monoisotopic (exact) mass is 289 g/mol. The van der Waals surface area contributed by atoms with Gasteiger partial charge in [0.1, 0.15) is 0 Å². The summed E-state index contributed by atoms with van der Waals surface area (Å²) in [4.78, 5) is 0. The number of aryl methyl sites for hydroxylation is 1. The van der Waals surface area contributed by atoms with Gasteiger partial charge in [0.05, 0.1) is 5.60 Å². The Balaban J connectivity index is 1.89. The maximum Gasteiger partial charge on any atom is 0.0772 e. The Kier molecular flexibility index (Phi) is 5.83. The van der Waals surface area contributed by atoms with E-state index >= 15 is 0 Å². The van der Waals surface area contributed by atoms with E-state index in [0.29, 0.717) is 6.04 Å². The number of hydrogen-bond acceptors (Lipinski definition) is 2. The number of aliphatic hydroxyl groups is 1. The van der Waals surface area contributed by atoms with E-state index in [1.54, 1.807) is 0 Å². The molecular formula is C19H31NO. The lowest BCUT2D eigenvalue weighted by atomic mass is 9.77. The molecule has 1 aliphatic carbocycles. The van der Waals surface area contributed by atoms with Crippen molar-refractivity contribution >= 4 is 0 Å². The molecule has 0 amide bonds. The molecule has 0 heterocycles. The van der Waals surface area contributed by atoms with Crippen molar-refractivity contribution in [1.29, 1.82) is 0 Å². The van der Waals surface area contributed by atoms with Gasteiger partial charge in [0.25, 0.3) is 0 Å². The van der Waals surface area contributed by atoms with Crippen LogP contribution in [-0.2, 0) is 0 Å². The number of nitrogens with one attached hydrogen (secondary N) is 1. The zero-order valence-corrected chi connectivity index (χ0v) is 13.9. The van der Waals surface area contributed by atoms with Crippen LogP contribution in [-0.4, -0.2) is 17.3 Å². The van der Waals surface area contributed by atoms with Gasteiger partial charge in [0.2, 0.25) is 0 Å². The topological polar surface area (TPSA) is 32.3 Å². The normalized spacial score (nSPS) is 27.5. The predicted octanol–water partition coefficient (Wildman–Crippen LogP) is 4.37. The van der Waals surface area contributed by atoms with Crippen LogP contribution < -0.4 is 5.32 Å². The predicted molar refractivity (Wildman–Crippen MR) is 89.4 cm³/mol. The third-order valence-electron chi connectivity index (χ3n) is 5.18. The van der Waals surface area contributed by atoms with Gasteiger partial charge in [-0.25, -0.2) is 0 Å². The van der Waals surface area contributed by atoms with Crippen molar-refractivity contribution in [1.82, 2.24) is 5.32 Å². The molecule has 118 valence electrons. The van der Waals surface area contributed by atoms with Crippen molar-refractivity contribution in [2.24, 2.45) is 5.92 Å². The largest absolute Gasteiger partial charge is 0.389 e. The Morgan fingerprint density at radius 3 is 2.33 bits per heavy atom. The van der Waals surface area contributed by atoms with E-state index in [1.807, 2.05) is 0 Å². The van der Waals surface area contributed by atoms with Gasteiger partial charge in [-0.05, 0) is 50.5 Å². The number of hydrogen-bond donors (Lipinski definition) is 2. The summed E-state index contributed by atoms with van der Waals surface area (Å²) in [6.45, 7) is 7.30. The zero-order chi connectivity index (χ0) is 15.3. The van der Waals surface area contributed by atoms with Crippen molar-refractivity contribution in [3.63, 3.8) is 0 Å². The number of benzene rings is 1. The molecule has 1 fully saturated rings. The highest BCUT2D eigenvalue weighted by Crippen LogP contribution is 2.33. The molecule has 0 aromatic heterocycles. The van der Waals surface area contributed by atoms with Gasteiger partial charge >= 0.3 is 0 Å². The van der Waals surface area contributed by atoms with Crippen LogP contribution in [0.4, 0.5) is 0 Å². The second kappa shape index (κ2) is 7.42. The van der Waals surface area contributed by atoms with Crippen LogP contribution in [0.5, 0.6) is 0 Å². The Morgan fingerprint density at radius 1 is 1.19 bits per heavy atom. The minimum absolute atomic E-state index is 0.346. The summed E-state index contributed by atoms with van der Waals surface area (Å²) in [6.07, 6.45) is 6.55. The van der Waals surface area contributed by atoms with E-state index in [-0.39, 0.29) is 0 Å². The first kappa shape index (κ1) is 16.5. The summed E-state index contributed by atoms with van der Waals surface area (Å²) in [6, 6.07) is 9.09. The molecule has 0 radical (unpaired) electrons. The molecule has 1 aliphatic rings. The van der Waals surface area contributed by atoms with Gasteiger partial charge in [0, 0.05) is 12.6 Å². The highest BCUT2D eigenvalue weighted by Gasteiger charge is 2.32. The lowest BCUT2D eigenvalue weighted by Gasteiger charge is -2.37. The first-order chi connectivity index (χ1) is 10.1. The van der Waals surface area contributed by atoms with E-state index < -0.39 is 5.60 Å². The Labute approximate surface area is 130 Å². The Hall–Kier alpha value is -0.860. The second-order valence-electron chi connectivity index (χ2n) is 6.83. The molecule has 1 aromatic carbocycles. The molecule has 0 saturated heterocycles. The Morgan fingerprint density at radius 2 is 1.81 bits per heavy atom. The smallest absolute Gasteiger partial charge is 0.0772 e. The molecular weight excluding hydrogens is 258 g/mol. The van der Waals surface area contributed by atoms with E-state index in [0.717, 1.165) is 31.7 Å². The average molecular weight is 289 g/mol. The van der Waals surface area contributed by atoms with Gasteiger partial charge < -0.3 is 10.4 Å². The summed E-state index contributed by atoms with van der Waals surface area (Å²) >= 11 is 0. The lowest BCUT2D eigenvalue weighted by molar-refractivity contribution is -0.0108. The highest BCUT2D eigenvalue weighted by molar-refractivity contribution is 5.24. The standard InChI is InChI=1S/C19H31NO/c1-4-16-10-12-19(21,13-11-16)14-20-18(5-2)17-8-6-15(3)7-9-17/h6-9,16,18,20-21H,4-5,10-14H2,1-3H3. The van der Waals surface area contributed by atoms with Gasteiger partial charge in [0.15, 0.2) is 0 Å². The third-order valence-corrected chi connectivity index (χ3v) is 5.18. The second-order valence-corrected chi connectivity index (χ2v) is 6.83. The summed E-state index contributed by atoms with van der Waals surface area (Å²) in [7, 11) is 0. The first-order valence-electron chi connectivity index (χ1n) is 8.58. The van der Waals surface area contributed by atoms with Gasteiger partial charge in [-0.15, -0.1) is 0 Å². The maximum absolute atomic E-state index is 10.8. The van der Waals surface area contributed by atoms with Crippen LogP contribution in [0.1, 0.15) is 69.5 Å². The van der Waals surface area contributed by atoms with E-state index in [1.165, 1.54) is 30.4 Å². The maximum atomic E-state index is 10.8. The van der Waals surface area contributed by atoms with Gasteiger partial charge in [-0.2, -0.15) is 0 Å². The molecule has 1 saturated carbocycles. The van der Waals surface area contributed by atoms with Crippen LogP contribution in [0.3, 0.4) is 0 Å². The molecule has 1 aromatic rings. The molecule has 0 aliphatic heterocycles. The van der Waals surface area contributed by atoms with Gasteiger partial charge in [-0.3, -0.25) is 0 Å². The van der Waals surface area contributed by atoms with Crippen LogP contribution in [0, 0.1) is 12.8 Å². The fourth-order valence-corrected chi connectivity index (χ4v) is 3.41. The minimum atomic E-state index is -0.496. The highest BCUT2D eigenvalue weighted by atomic mass is 16.3. The first-order valence-corrected chi connectivity index (χ1v) is 8.58. The van der Waals surface area contributed by atoms with Crippen LogP contribution in [0.25, 0.3) is 0 Å². The number of rotatable bonds is 6. The zero-order valence-electron chi connectivity index (χ0n) is 13.9. The molecule has 0 spiro atoms. The van der Waals surface area contributed by atoms with Gasteiger partial charge in [-0.1, -0.05) is 50.1 Å². The lowest BCUT2D eigenvalue weighted by Crippen LogP contribution is -2.44. The molecule has 2 heteroatoms. The molecule has 21 heavy (non-hydrogen) atoms. The quantitative estimate of drug-likeness (QED) is 0.815. The van der Waals surface area contributed by atoms with Crippen molar-refractivity contribution in [3.05, 3.63) is 35.4 Å². The van der Waals surface area contributed by atoms with Crippen molar-refractivity contribution < 1.29 is 5.11 Å². The fourth-order valence-electron chi connectivity index (χ4n) is 3.41. The molecule has 2 rings (SSSR count). The fraction of sp³-hybridized carbons (Fsp3) is 0.684. The van der Waals surface area contributed by atoms with E-state index in [2.05, 4.69) is 50.4 Å².